The molecule has 2 amide bonds. The Bertz CT molecular complexity index is 932. The first-order valence-electron chi connectivity index (χ1n) is 8.71. The van der Waals surface area contributed by atoms with E-state index in [4.69, 9.17) is 9.47 Å². The topological polar surface area (TPSA) is 77.8 Å². The van der Waals surface area contributed by atoms with E-state index in [1.165, 1.54) is 6.92 Å². The largest absolute Gasteiger partial charge is 0.497 e. The highest BCUT2D eigenvalue weighted by Crippen LogP contribution is 2.34. The summed E-state index contributed by atoms with van der Waals surface area (Å²) in [6, 6.07) is 10.2. The molecule has 0 saturated carbocycles. The highest BCUT2D eigenvalue weighted by molar-refractivity contribution is 8.18. The van der Waals surface area contributed by atoms with Gasteiger partial charge in [0.2, 0.25) is 0 Å². The highest BCUT2D eigenvalue weighted by atomic mass is 32.2. The van der Waals surface area contributed by atoms with Crippen molar-refractivity contribution in [2.24, 2.45) is 0 Å². The molecule has 1 aromatic carbocycles. The molecular weight excluding hydrogens is 380 g/mol. The van der Waals surface area contributed by atoms with E-state index in [-0.39, 0.29) is 11.5 Å². The molecule has 1 aliphatic heterocycles. The number of methoxy groups -OCH3 is 1. The Morgan fingerprint density at radius 1 is 1.21 bits per heavy atom. The van der Waals surface area contributed by atoms with Crippen LogP contribution < -0.4 is 4.74 Å². The quantitative estimate of drug-likeness (QED) is 0.546. The highest BCUT2D eigenvalue weighted by Gasteiger charge is 2.41. The number of esters is 1. The van der Waals surface area contributed by atoms with E-state index in [0.717, 1.165) is 33.8 Å². The average molecular weight is 400 g/mol. The van der Waals surface area contributed by atoms with Gasteiger partial charge in [0.15, 0.2) is 0 Å². The lowest BCUT2D eigenvalue weighted by molar-refractivity contribution is -0.150. The molecule has 0 bridgehead atoms. The molecule has 8 heteroatoms. The number of amides is 2. The number of nitrogens with zero attached hydrogens (tertiary/aromatic N) is 2. The van der Waals surface area contributed by atoms with Crippen molar-refractivity contribution in [2.75, 3.05) is 13.7 Å². The van der Waals surface area contributed by atoms with Crippen molar-refractivity contribution in [3.8, 4) is 11.4 Å². The van der Waals surface area contributed by atoms with Gasteiger partial charge in [0.05, 0.1) is 18.6 Å². The number of benzene rings is 1. The standard InChI is InChI=1S/C20H20N2O5S/c1-4-27-19(24)13(2)22-18(23)17(28-20(22)25)12-15-6-5-11-21(15)14-7-9-16(26-3)10-8-14/h5-13H,4H2,1-3H3/b17-12-. The Morgan fingerprint density at radius 2 is 1.93 bits per heavy atom. The zero-order valence-corrected chi connectivity index (χ0v) is 16.6. The Balaban J connectivity index is 1.87. The van der Waals surface area contributed by atoms with Gasteiger partial charge in [0, 0.05) is 17.6 Å². The third-order valence-corrected chi connectivity index (χ3v) is 5.13. The van der Waals surface area contributed by atoms with Gasteiger partial charge < -0.3 is 14.0 Å². The molecule has 2 heterocycles. The van der Waals surface area contributed by atoms with Crippen molar-refractivity contribution in [1.82, 2.24) is 9.47 Å². The van der Waals surface area contributed by atoms with Gasteiger partial charge in [-0.3, -0.25) is 14.5 Å². The maximum atomic E-state index is 12.7. The number of ether oxygens (including phenoxy) is 2. The number of carbonyl (C=O) groups excluding carboxylic acids is 3. The molecule has 7 nitrogen and oxygen atoms in total. The van der Waals surface area contributed by atoms with Gasteiger partial charge in [-0.05, 0) is 68.1 Å². The normalized spacial score (nSPS) is 16.5. The number of imide groups is 1. The fraction of sp³-hybridized carbons (Fsp3) is 0.250. The van der Waals surface area contributed by atoms with Gasteiger partial charge >= 0.3 is 5.97 Å². The van der Waals surface area contributed by atoms with Crippen LogP contribution in [0.15, 0.2) is 47.5 Å². The Kier molecular flexibility index (Phi) is 5.89. The molecule has 0 spiro atoms. The monoisotopic (exact) mass is 400 g/mol. The third kappa shape index (κ3) is 3.82. The Hall–Kier alpha value is -3.00. The summed E-state index contributed by atoms with van der Waals surface area (Å²) in [6.45, 7) is 3.34. The second-order valence-corrected chi connectivity index (χ2v) is 6.97. The number of carbonyl (C=O) groups is 3. The zero-order valence-electron chi connectivity index (χ0n) is 15.7. The van der Waals surface area contributed by atoms with Crippen LogP contribution in [0.25, 0.3) is 11.8 Å². The van der Waals surface area contributed by atoms with E-state index in [2.05, 4.69) is 0 Å². The lowest BCUT2D eigenvalue weighted by atomic mass is 10.2. The van der Waals surface area contributed by atoms with Crippen LogP contribution in [0.1, 0.15) is 19.5 Å². The summed E-state index contributed by atoms with van der Waals surface area (Å²) in [5, 5.41) is -0.487. The molecule has 1 unspecified atom stereocenters. The smallest absolute Gasteiger partial charge is 0.329 e. The predicted molar refractivity (Wildman–Crippen MR) is 106 cm³/mol. The second-order valence-electron chi connectivity index (χ2n) is 5.98. The third-order valence-electron chi connectivity index (χ3n) is 4.25. The molecule has 1 aromatic heterocycles. The minimum Gasteiger partial charge on any atom is -0.497 e. The van der Waals surface area contributed by atoms with Crippen LogP contribution in [0.5, 0.6) is 5.75 Å². The molecule has 2 aromatic rings. The summed E-state index contributed by atoms with van der Waals surface area (Å²) in [7, 11) is 1.60. The van der Waals surface area contributed by atoms with Gasteiger partial charge in [0.25, 0.3) is 11.1 Å². The van der Waals surface area contributed by atoms with Crippen molar-refractivity contribution in [1.29, 1.82) is 0 Å². The number of hydrogen-bond donors (Lipinski definition) is 0. The Morgan fingerprint density at radius 3 is 2.57 bits per heavy atom. The van der Waals surface area contributed by atoms with Crippen molar-refractivity contribution >= 4 is 35.0 Å². The summed E-state index contributed by atoms with van der Waals surface area (Å²) in [5.74, 6) is -0.364. The van der Waals surface area contributed by atoms with Gasteiger partial charge in [-0.25, -0.2) is 4.79 Å². The van der Waals surface area contributed by atoms with E-state index in [1.807, 2.05) is 47.2 Å². The van der Waals surface area contributed by atoms with E-state index in [1.54, 1.807) is 20.1 Å². The van der Waals surface area contributed by atoms with Crippen LogP contribution in [0, 0.1) is 0 Å². The van der Waals surface area contributed by atoms with Crippen LogP contribution in [-0.2, 0) is 14.3 Å². The summed E-state index contributed by atoms with van der Waals surface area (Å²) in [6.07, 6.45) is 3.51. The number of thioether (sulfide) groups is 1. The summed E-state index contributed by atoms with van der Waals surface area (Å²) < 4.78 is 12.0. The van der Waals surface area contributed by atoms with Crippen LogP contribution in [0.4, 0.5) is 4.79 Å². The maximum Gasteiger partial charge on any atom is 0.329 e. The van der Waals surface area contributed by atoms with Crippen molar-refractivity contribution < 1.29 is 23.9 Å². The predicted octanol–water partition coefficient (Wildman–Crippen LogP) is 3.47. The molecule has 1 aliphatic rings. The van der Waals surface area contributed by atoms with E-state index < -0.39 is 23.2 Å². The minimum absolute atomic E-state index is 0.185. The van der Waals surface area contributed by atoms with E-state index in [0.29, 0.717) is 0 Å². The fourth-order valence-corrected chi connectivity index (χ4v) is 3.70. The first-order chi connectivity index (χ1) is 13.5. The van der Waals surface area contributed by atoms with Crippen LogP contribution in [0.2, 0.25) is 0 Å². The molecule has 1 atom stereocenters. The minimum atomic E-state index is -0.966. The van der Waals surface area contributed by atoms with Gasteiger partial charge in [-0.1, -0.05) is 0 Å². The molecule has 0 radical (unpaired) electrons. The molecule has 1 fully saturated rings. The van der Waals surface area contributed by atoms with E-state index in [9.17, 15) is 14.4 Å². The van der Waals surface area contributed by atoms with Gasteiger partial charge in [0.1, 0.15) is 11.8 Å². The van der Waals surface area contributed by atoms with Crippen LogP contribution >= 0.6 is 11.8 Å². The van der Waals surface area contributed by atoms with Crippen LogP contribution in [-0.4, -0.2) is 46.3 Å². The summed E-state index contributed by atoms with van der Waals surface area (Å²) in [5.41, 5.74) is 1.62. The van der Waals surface area contributed by atoms with Crippen molar-refractivity contribution in [3.63, 3.8) is 0 Å². The number of aromatic nitrogens is 1. The van der Waals surface area contributed by atoms with Crippen molar-refractivity contribution in [2.45, 2.75) is 19.9 Å². The first kappa shape index (κ1) is 19.8. The lowest BCUT2D eigenvalue weighted by Crippen LogP contribution is -2.42. The molecule has 146 valence electrons. The van der Waals surface area contributed by atoms with Gasteiger partial charge in [-0.15, -0.1) is 0 Å². The molecule has 1 saturated heterocycles. The summed E-state index contributed by atoms with van der Waals surface area (Å²) >= 11 is 0.811. The van der Waals surface area contributed by atoms with Gasteiger partial charge in [-0.2, -0.15) is 0 Å². The molecule has 0 aliphatic carbocycles. The van der Waals surface area contributed by atoms with Crippen molar-refractivity contribution in [3.05, 3.63) is 53.2 Å². The molecule has 0 N–H and O–H groups in total. The molecule has 3 rings (SSSR count). The van der Waals surface area contributed by atoms with Crippen LogP contribution in [0.3, 0.4) is 0 Å². The van der Waals surface area contributed by atoms with E-state index >= 15 is 0 Å². The Labute approximate surface area is 166 Å². The number of hydrogen-bond acceptors (Lipinski definition) is 6. The molecular formula is C20H20N2O5S. The zero-order chi connectivity index (χ0) is 20.3. The lowest BCUT2D eigenvalue weighted by Gasteiger charge is -2.19. The average Bonchev–Trinajstić information content (AvgIpc) is 3.26. The second kappa shape index (κ2) is 8.35. The maximum absolute atomic E-state index is 12.7. The molecule has 28 heavy (non-hydrogen) atoms. The number of rotatable bonds is 6. The SMILES string of the molecule is CCOC(=O)C(C)N1C(=O)S/C(=C\c2cccn2-c2ccc(OC)cc2)C1=O. The summed E-state index contributed by atoms with van der Waals surface area (Å²) in [4.78, 5) is 38.1. The fourth-order valence-electron chi connectivity index (χ4n) is 2.81. The first-order valence-corrected chi connectivity index (χ1v) is 9.53.